The maximum atomic E-state index is 6.63. The molecule has 0 fully saturated rings. The summed E-state index contributed by atoms with van der Waals surface area (Å²) in [6.45, 7) is 0. The van der Waals surface area contributed by atoms with Crippen molar-refractivity contribution in [2.75, 3.05) is 14.7 Å². The molecule has 138 heavy (non-hydrogen) atoms. The van der Waals surface area contributed by atoms with Gasteiger partial charge in [-0.3, -0.25) is 0 Å². The summed E-state index contributed by atoms with van der Waals surface area (Å²) in [5.41, 5.74) is 24.5. The third-order valence-corrected chi connectivity index (χ3v) is 35.8. The van der Waals surface area contributed by atoms with Gasteiger partial charge in [0.1, 0.15) is 0 Å². The number of nitrogens with zero attached hydrogens (tertiary/aromatic N) is 6. The summed E-state index contributed by atoms with van der Waals surface area (Å²) in [5.74, 6) is 0. The zero-order valence-corrected chi connectivity index (χ0v) is 80.1. The molecular weight excluding hydrogens is 1900 g/mol. The van der Waals surface area contributed by atoms with Crippen LogP contribution < -0.4 is 14.7 Å². The number of anilines is 9. The van der Waals surface area contributed by atoms with E-state index in [4.69, 9.17) is 8.83 Å². The van der Waals surface area contributed by atoms with Gasteiger partial charge in [0.05, 0.1) is 0 Å². The minimum absolute atomic E-state index is 0.256. The van der Waals surface area contributed by atoms with E-state index in [1.807, 2.05) is 29.5 Å². The fourth-order valence-electron chi connectivity index (χ4n) is 21.4. The number of rotatable bonds is 12. The molecule has 0 aliphatic carbocycles. The van der Waals surface area contributed by atoms with Crippen molar-refractivity contribution in [3.8, 4) is 17.1 Å². The van der Waals surface area contributed by atoms with Crippen molar-refractivity contribution in [1.29, 1.82) is 0 Å². The van der Waals surface area contributed by atoms with Gasteiger partial charge in [-0.05, 0) is 0 Å². The van der Waals surface area contributed by atoms with Gasteiger partial charge >= 0.3 is 803 Å². The standard InChI is InChI=1S/2C42H26N2OSe.C42H26N2SSe/c1-2-11-27(12-3-1)44-36-17-7-4-13-30(36)35-25-28(22-24-37(35)44)43(29-21-23-33-32-15-6-9-20-40(32)46-41(33)26-29)38-18-10-16-34-31-14-5-8-19-39(31)45-42(34)38;1-2-10-27(11-3-1)44-37-15-7-4-12-31(37)36-24-28(20-23-38(36)44)43(29-18-21-33-32-13-5-8-16-39(32)45-40(33)25-29)30-19-22-35-34-14-6-9-17-41(34)46-42(35)26-30;1-2-11-27(12-3-1)44-35-16-7-4-13-30(35)34-25-28(22-24-36(34)44)43(29-21-23-32-31-14-6-9-20-40(31)46-41(32)26-29)37-17-10-19-39-42(37)33-15-5-8-18-38(33)45-39/h3*1-26H. The molecule has 0 saturated heterocycles. The average Bonchev–Trinajstić information content (AvgIpc) is 1.57. The summed E-state index contributed by atoms with van der Waals surface area (Å²) in [5, 5.41) is 22.8. The van der Waals surface area contributed by atoms with Crippen LogP contribution in [-0.4, -0.2) is 57.2 Å². The zero-order valence-electron chi connectivity index (χ0n) is 74.2. The second-order valence-corrected chi connectivity index (χ2v) is 43.2. The molecule has 0 amide bonds. The topological polar surface area (TPSA) is 50.8 Å². The van der Waals surface area contributed by atoms with Crippen LogP contribution in [0, 0.1) is 0 Å². The molecule has 0 atom stereocenters. The van der Waals surface area contributed by atoms with Gasteiger partial charge in [0.25, 0.3) is 0 Å². The van der Waals surface area contributed by atoms with Crippen molar-refractivity contribution in [2.45, 2.75) is 0 Å². The van der Waals surface area contributed by atoms with Crippen molar-refractivity contribution in [3.05, 3.63) is 473 Å². The van der Waals surface area contributed by atoms with E-state index in [-0.39, 0.29) is 43.5 Å². The zero-order chi connectivity index (χ0) is 90.6. The summed E-state index contributed by atoms with van der Waals surface area (Å²) < 4.78 is 31.4. The molecule has 9 aromatic heterocycles. The number of para-hydroxylation sites is 9. The Bertz CT molecular complexity index is 10000. The monoisotopic (exact) mass is 1980 g/mol. The first kappa shape index (κ1) is 80.3. The maximum absolute atomic E-state index is 6.63. The predicted molar refractivity (Wildman–Crippen MR) is 590 cm³/mol. The van der Waals surface area contributed by atoms with E-state index in [9.17, 15) is 0 Å². The molecule has 0 saturated carbocycles. The van der Waals surface area contributed by atoms with E-state index in [0.717, 1.165) is 95.1 Å². The van der Waals surface area contributed by atoms with Gasteiger partial charge in [-0.25, -0.2) is 0 Å². The first-order valence-corrected chi connectivity index (χ1v) is 52.5. The van der Waals surface area contributed by atoms with E-state index < -0.39 is 0 Å². The molecule has 648 valence electrons. The molecule has 0 unspecified atom stereocenters. The first-order valence-electron chi connectivity index (χ1n) is 46.6. The molecule has 0 N–H and O–H groups in total. The van der Waals surface area contributed by atoms with Crippen LogP contribution in [0.4, 0.5) is 51.2 Å². The van der Waals surface area contributed by atoms with Gasteiger partial charge < -0.3 is 0 Å². The SMILES string of the molecule is c1ccc(-n2c3ccccc3c3cc(N(c4ccc5c(c4)[se]c4ccccc45)c4cccc5c4oc4ccccc45)ccc32)cc1.c1ccc(-n2c3ccccc3c3cc(N(c4ccc5c(c4)[se]c4ccccc45)c4cccc5sc6ccccc6c45)ccc32)cc1.c1ccc(-n2c3ccccc3c3cc(N(c4ccc5c(c4)oc4ccccc45)c4ccc5c(c4)[se]c4ccccc45)ccc32)cc1. The van der Waals surface area contributed by atoms with Crippen LogP contribution in [0.2, 0.25) is 0 Å². The second kappa shape index (κ2) is 32.8. The minimum atomic E-state index is 0.256. The third kappa shape index (κ3) is 13.2. The number of benzene rings is 21. The molecule has 8 nitrogen and oxygen atoms in total. The van der Waals surface area contributed by atoms with E-state index in [2.05, 4.69) is 483 Å². The Morgan fingerprint density at radius 3 is 0.964 bits per heavy atom. The molecule has 0 spiro atoms. The summed E-state index contributed by atoms with van der Waals surface area (Å²) in [7, 11) is 0. The molecule has 9 heterocycles. The van der Waals surface area contributed by atoms with Crippen molar-refractivity contribution in [3.63, 3.8) is 0 Å². The Morgan fingerprint density at radius 2 is 0.486 bits per heavy atom. The summed E-state index contributed by atoms with van der Waals surface area (Å²) in [6, 6.07) is 172. The van der Waals surface area contributed by atoms with Gasteiger partial charge in [0, 0.05) is 0 Å². The van der Waals surface area contributed by atoms with Gasteiger partial charge in [0.2, 0.25) is 0 Å². The second-order valence-electron chi connectivity index (χ2n) is 35.3. The Morgan fingerprint density at radius 1 is 0.181 bits per heavy atom. The van der Waals surface area contributed by atoms with E-state index in [0.29, 0.717) is 0 Å². The van der Waals surface area contributed by atoms with Crippen molar-refractivity contribution in [2.24, 2.45) is 0 Å². The number of furan rings is 2. The van der Waals surface area contributed by atoms with Gasteiger partial charge in [-0.15, -0.1) is 0 Å². The normalized spacial score (nSPS) is 11.9. The number of fused-ring (bicyclic) bond motifs is 27. The molecule has 0 aliphatic rings. The van der Waals surface area contributed by atoms with Crippen molar-refractivity contribution < 1.29 is 8.83 Å². The Labute approximate surface area is 813 Å². The summed E-state index contributed by atoms with van der Waals surface area (Å²) in [6.07, 6.45) is 0. The van der Waals surface area contributed by atoms with Crippen LogP contribution in [-0.2, 0) is 0 Å². The molecule has 0 aliphatic heterocycles. The number of thiophene rings is 1. The molecule has 0 bridgehead atoms. The molecular formula is C126H78N6O2SSe3. The Kier molecular flexibility index (Phi) is 19.1. The predicted octanol–water partition coefficient (Wildman–Crippen LogP) is 35.0. The quantitative estimate of drug-likeness (QED) is 0.114. The first-order chi connectivity index (χ1) is 68.4. The van der Waals surface area contributed by atoms with E-state index in [1.165, 1.54) is 161 Å². The van der Waals surface area contributed by atoms with Crippen LogP contribution in [0.5, 0.6) is 0 Å². The fraction of sp³-hybridized carbons (Fsp3) is 0. The van der Waals surface area contributed by atoms with Gasteiger partial charge in [-0.1, -0.05) is 18.2 Å². The van der Waals surface area contributed by atoms with Crippen LogP contribution in [0.1, 0.15) is 0 Å². The fourth-order valence-corrected chi connectivity index (χ4v) is 29.7. The number of aromatic nitrogens is 3. The van der Waals surface area contributed by atoms with Crippen LogP contribution in [0.25, 0.3) is 204 Å². The van der Waals surface area contributed by atoms with Gasteiger partial charge in [-0.2, -0.15) is 0 Å². The van der Waals surface area contributed by atoms with Crippen LogP contribution in [0.3, 0.4) is 0 Å². The number of hydrogen-bond acceptors (Lipinski definition) is 6. The molecule has 30 aromatic rings. The number of hydrogen-bond donors (Lipinski definition) is 0. The molecule has 30 rings (SSSR count). The van der Waals surface area contributed by atoms with Crippen molar-refractivity contribution >= 4 is 293 Å². The van der Waals surface area contributed by atoms with E-state index >= 15 is 0 Å². The average molecular weight is 1980 g/mol. The third-order valence-electron chi connectivity index (χ3n) is 27.5. The summed E-state index contributed by atoms with van der Waals surface area (Å²) >= 11 is 2.68. The molecule has 21 aromatic carbocycles. The molecule has 0 radical (unpaired) electrons. The van der Waals surface area contributed by atoms with E-state index in [1.54, 1.807) is 0 Å². The molecule has 12 heteroatoms. The van der Waals surface area contributed by atoms with Gasteiger partial charge in [0.15, 0.2) is 0 Å². The van der Waals surface area contributed by atoms with Crippen molar-refractivity contribution in [1.82, 2.24) is 13.7 Å². The van der Waals surface area contributed by atoms with Crippen LogP contribution in [0.15, 0.2) is 482 Å². The summed E-state index contributed by atoms with van der Waals surface area (Å²) in [4.78, 5) is 7.27. The Balaban J connectivity index is 0.000000102. The van der Waals surface area contributed by atoms with Crippen LogP contribution >= 0.6 is 11.3 Å². The Hall–Kier alpha value is -16.2.